The number of hydrogen-bond acceptors (Lipinski definition) is 7. The van der Waals surface area contributed by atoms with Gasteiger partial charge in [0, 0.05) is 23.6 Å². The lowest BCUT2D eigenvalue weighted by Crippen LogP contribution is -2.50. The van der Waals surface area contributed by atoms with Gasteiger partial charge >= 0.3 is 0 Å². The summed E-state index contributed by atoms with van der Waals surface area (Å²) in [5.74, 6) is 1.07. The summed E-state index contributed by atoms with van der Waals surface area (Å²) < 4.78 is 5.58. The molecule has 0 aliphatic carbocycles. The van der Waals surface area contributed by atoms with Crippen LogP contribution in [-0.2, 0) is 16.1 Å². The number of furan rings is 1. The highest BCUT2D eigenvalue weighted by atomic mass is 16.3. The summed E-state index contributed by atoms with van der Waals surface area (Å²) in [6, 6.07) is 13.7. The molecule has 38 heavy (non-hydrogen) atoms. The number of aryl methyl sites for hydroxylation is 1. The number of anilines is 1. The number of amides is 2. The molecule has 4 aromatic rings. The lowest BCUT2D eigenvalue weighted by molar-refractivity contribution is -0.128. The van der Waals surface area contributed by atoms with Crippen molar-refractivity contribution < 1.29 is 14.0 Å². The molecule has 1 N–H and O–H groups in total. The summed E-state index contributed by atoms with van der Waals surface area (Å²) in [6.45, 7) is 11.5. The molecule has 0 spiro atoms. The van der Waals surface area contributed by atoms with E-state index >= 15 is 0 Å². The number of carbonyl (C=O) groups excluding carboxylic acids is 2. The standard InChI is InChI=1S/C28H33N7O3/c1-18(2)20-8-10-22(11-9-20)35(25(21-13-15-29-16-14-21)27(37)30-28(4,5)6)24(36)17-34-32-26(31-33-34)23-12-7-19(3)38-23/h7-16,18,25H,17H2,1-6H3,(H,30,37)/t25-/m0/s1. The van der Waals surface area contributed by atoms with Gasteiger partial charge in [0.15, 0.2) is 5.76 Å². The van der Waals surface area contributed by atoms with E-state index in [9.17, 15) is 9.59 Å². The normalized spacial score (nSPS) is 12.4. The second kappa shape index (κ2) is 11.0. The Morgan fingerprint density at radius 2 is 1.68 bits per heavy atom. The van der Waals surface area contributed by atoms with Crippen molar-refractivity contribution in [1.82, 2.24) is 30.5 Å². The van der Waals surface area contributed by atoms with E-state index < -0.39 is 11.6 Å². The molecule has 2 amide bonds. The van der Waals surface area contributed by atoms with E-state index in [0.717, 1.165) is 5.56 Å². The predicted molar refractivity (Wildman–Crippen MR) is 143 cm³/mol. The van der Waals surface area contributed by atoms with Crippen LogP contribution in [0.25, 0.3) is 11.6 Å². The molecule has 0 unspecified atom stereocenters. The maximum atomic E-state index is 13.9. The Kier molecular flexibility index (Phi) is 7.70. The van der Waals surface area contributed by atoms with E-state index in [1.54, 1.807) is 36.7 Å². The molecular formula is C28H33N7O3. The highest BCUT2D eigenvalue weighted by Gasteiger charge is 2.35. The number of pyridine rings is 1. The van der Waals surface area contributed by atoms with Crippen molar-refractivity contribution in [2.75, 3.05) is 4.90 Å². The zero-order chi connectivity index (χ0) is 27.4. The van der Waals surface area contributed by atoms with E-state index in [1.165, 1.54) is 9.70 Å². The van der Waals surface area contributed by atoms with Gasteiger partial charge in [-0.1, -0.05) is 26.0 Å². The maximum Gasteiger partial charge on any atom is 0.251 e. The monoisotopic (exact) mass is 515 g/mol. The Morgan fingerprint density at radius 1 is 1.00 bits per heavy atom. The van der Waals surface area contributed by atoms with Crippen molar-refractivity contribution in [3.05, 3.63) is 77.8 Å². The fourth-order valence-electron chi connectivity index (χ4n) is 4.02. The third-order valence-corrected chi connectivity index (χ3v) is 5.82. The molecule has 10 heteroatoms. The van der Waals surface area contributed by atoms with E-state index in [2.05, 4.69) is 39.6 Å². The Morgan fingerprint density at radius 3 is 2.26 bits per heavy atom. The molecule has 3 aromatic heterocycles. The average molecular weight is 516 g/mol. The number of carbonyl (C=O) groups is 2. The van der Waals surface area contributed by atoms with Gasteiger partial charge < -0.3 is 9.73 Å². The number of nitrogens with one attached hydrogen (secondary N) is 1. The van der Waals surface area contributed by atoms with Gasteiger partial charge in [-0.15, -0.1) is 10.2 Å². The molecule has 1 aromatic carbocycles. The predicted octanol–water partition coefficient (Wildman–Crippen LogP) is 4.45. The molecule has 4 rings (SSSR count). The molecule has 10 nitrogen and oxygen atoms in total. The third kappa shape index (κ3) is 6.31. The SMILES string of the molecule is Cc1ccc(-c2nnn(CC(=O)N(c3ccc(C(C)C)cc3)[C@H](C(=O)NC(C)(C)C)c3ccncc3)n2)o1. The van der Waals surface area contributed by atoms with Crippen molar-refractivity contribution in [2.24, 2.45) is 0 Å². The van der Waals surface area contributed by atoms with E-state index in [0.29, 0.717) is 28.7 Å². The van der Waals surface area contributed by atoms with Crippen LogP contribution in [0.3, 0.4) is 0 Å². The second-order valence-electron chi connectivity index (χ2n) is 10.5. The van der Waals surface area contributed by atoms with Crippen LogP contribution in [0.15, 0.2) is 65.3 Å². The Hall–Kier alpha value is -4.34. The minimum atomic E-state index is -0.953. The minimum absolute atomic E-state index is 0.233. The van der Waals surface area contributed by atoms with Crippen LogP contribution in [-0.4, -0.2) is 42.5 Å². The molecule has 0 bridgehead atoms. The van der Waals surface area contributed by atoms with Gasteiger partial charge in [-0.25, -0.2) is 0 Å². The van der Waals surface area contributed by atoms with E-state index in [-0.39, 0.29) is 24.2 Å². The van der Waals surface area contributed by atoms with Gasteiger partial charge in [0.1, 0.15) is 18.3 Å². The number of benzene rings is 1. The lowest BCUT2D eigenvalue weighted by Gasteiger charge is -2.33. The van der Waals surface area contributed by atoms with Crippen LogP contribution in [0.5, 0.6) is 0 Å². The fraction of sp³-hybridized carbons (Fsp3) is 0.357. The highest BCUT2D eigenvalue weighted by molar-refractivity contribution is 6.01. The van der Waals surface area contributed by atoms with Crippen molar-refractivity contribution in [1.29, 1.82) is 0 Å². The molecule has 0 saturated carbocycles. The van der Waals surface area contributed by atoms with Gasteiger partial charge in [0.05, 0.1) is 0 Å². The first kappa shape index (κ1) is 26.7. The Bertz CT molecular complexity index is 1390. The molecule has 3 heterocycles. The topological polar surface area (TPSA) is 119 Å². The number of rotatable bonds is 8. The summed E-state index contributed by atoms with van der Waals surface area (Å²) in [6.07, 6.45) is 3.21. The quantitative estimate of drug-likeness (QED) is 0.368. The number of hydrogen-bond donors (Lipinski definition) is 1. The summed E-state index contributed by atoms with van der Waals surface area (Å²) in [4.78, 5) is 34.4. The number of nitrogens with zero attached hydrogens (tertiary/aromatic N) is 6. The smallest absolute Gasteiger partial charge is 0.251 e. The summed E-state index contributed by atoms with van der Waals surface area (Å²) in [5, 5.41) is 15.4. The molecule has 198 valence electrons. The highest BCUT2D eigenvalue weighted by Crippen LogP contribution is 2.30. The molecular weight excluding hydrogens is 482 g/mol. The largest absolute Gasteiger partial charge is 0.458 e. The first-order chi connectivity index (χ1) is 18.0. The zero-order valence-corrected chi connectivity index (χ0v) is 22.5. The van der Waals surface area contributed by atoms with Crippen LogP contribution in [0.2, 0.25) is 0 Å². The molecule has 0 radical (unpaired) electrons. The second-order valence-corrected chi connectivity index (χ2v) is 10.5. The van der Waals surface area contributed by atoms with Gasteiger partial charge in [0.25, 0.3) is 5.91 Å². The first-order valence-electron chi connectivity index (χ1n) is 12.5. The van der Waals surface area contributed by atoms with Crippen LogP contribution in [0.4, 0.5) is 5.69 Å². The number of tetrazole rings is 1. The summed E-state index contributed by atoms with van der Waals surface area (Å²) in [7, 11) is 0. The van der Waals surface area contributed by atoms with Gasteiger partial charge in [-0.2, -0.15) is 4.80 Å². The van der Waals surface area contributed by atoms with Gasteiger partial charge in [-0.3, -0.25) is 19.5 Å². The lowest BCUT2D eigenvalue weighted by atomic mass is 10.00. The van der Waals surface area contributed by atoms with Crippen LogP contribution in [0.1, 0.15) is 63.5 Å². The molecule has 1 atom stereocenters. The van der Waals surface area contributed by atoms with Crippen molar-refractivity contribution in [2.45, 2.75) is 65.6 Å². The fourth-order valence-corrected chi connectivity index (χ4v) is 4.02. The third-order valence-electron chi connectivity index (χ3n) is 5.82. The van der Waals surface area contributed by atoms with E-state index in [1.807, 2.05) is 52.0 Å². The molecule has 0 aliphatic rings. The van der Waals surface area contributed by atoms with Crippen LogP contribution >= 0.6 is 0 Å². The minimum Gasteiger partial charge on any atom is -0.458 e. The molecule has 0 aliphatic heterocycles. The van der Waals surface area contributed by atoms with Gasteiger partial charge in [0.2, 0.25) is 11.7 Å². The number of aromatic nitrogens is 5. The average Bonchev–Trinajstić information content (AvgIpc) is 3.50. The Balaban J connectivity index is 1.74. The molecule has 0 fully saturated rings. The van der Waals surface area contributed by atoms with Crippen molar-refractivity contribution in [3.63, 3.8) is 0 Å². The first-order valence-corrected chi connectivity index (χ1v) is 12.5. The zero-order valence-electron chi connectivity index (χ0n) is 22.5. The Labute approximate surface area is 222 Å². The van der Waals surface area contributed by atoms with Crippen LogP contribution in [0, 0.1) is 6.92 Å². The van der Waals surface area contributed by atoms with Crippen molar-refractivity contribution in [3.8, 4) is 11.6 Å². The van der Waals surface area contributed by atoms with Crippen LogP contribution < -0.4 is 10.2 Å². The maximum absolute atomic E-state index is 13.9. The molecule has 0 saturated heterocycles. The summed E-state index contributed by atoms with van der Waals surface area (Å²) in [5.41, 5.74) is 1.81. The van der Waals surface area contributed by atoms with E-state index in [4.69, 9.17) is 4.42 Å². The summed E-state index contributed by atoms with van der Waals surface area (Å²) >= 11 is 0. The van der Waals surface area contributed by atoms with Gasteiger partial charge in [-0.05, 0) is 86.4 Å². The van der Waals surface area contributed by atoms with Crippen molar-refractivity contribution >= 4 is 17.5 Å².